The van der Waals surface area contributed by atoms with Crippen molar-refractivity contribution in [1.82, 2.24) is 4.31 Å². The third-order valence-corrected chi connectivity index (χ3v) is 6.75. The van der Waals surface area contributed by atoms with Crippen molar-refractivity contribution in [3.63, 3.8) is 0 Å². The number of halogens is 1. The molecule has 1 heterocycles. The molecule has 0 spiro atoms. The van der Waals surface area contributed by atoms with Crippen molar-refractivity contribution in [2.75, 3.05) is 6.54 Å². The lowest BCUT2D eigenvalue weighted by molar-refractivity contribution is 0.0696. The Kier molecular flexibility index (Phi) is 5.06. The van der Waals surface area contributed by atoms with Gasteiger partial charge in [0.05, 0.1) is 10.5 Å². The molecular formula is C14H18BrNO4S. The van der Waals surface area contributed by atoms with Crippen molar-refractivity contribution in [3.05, 3.63) is 28.2 Å². The summed E-state index contributed by atoms with van der Waals surface area (Å²) in [6.45, 7) is 2.46. The number of carboxylic acids is 1. The van der Waals surface area contributed by atoms with Gasteiger partial charge in [-0.25, -0.2) is 13.2 Å². The molecule has 2 rings (SSSR count). The number of carbonyl (C=O) groups is 1. The first kappa shape index (κ1) is 16.5. The second-order valence-electron chi connectivity index (χ2n) is 5.12. The van der Waals surface area contributed by atoms with Crippen LogP contribution in [0.1, 0.15) is 43.0 Å². The highest BCUT2D eigenvalue weighted by molar-refractivity contribution is 9.10. The van der Waals surface area contributed by atoms with E-state index in [0.717, 1.165) is 25.7 Å². The zero-order chi connectivity index (χ0) is 15.6. The Morgan fingerprint density at radius 1 is 1.43 bits per heavy atom. The Morgan fingerprint density at radius 2 is 2.14 bits per heavy atom. The van der Waals surface area contributed by atoms with Crippen LogP contribution in [0, 0.1) is 0 Å². The molecule has 1 aromatic rings. The average molecular weight is 376 g/mol. The van der Waals surface area contributed by atoms with Crippen LogP contribution in [0.15, 0.2) is 27.6 Å². The maximum Gasteiger partial charge on any atom is 0.335 e. The van der Waals surface area contributed by atoms with Crippen molar-refractivity contribution in [1.29, 1.82) is 0 Å². The monoisotopic (exact) mass is 375 g/mol. The quantitative estimate of drug-likeness (QED) is 0.876. The first-order valence-electron chi connectivity index (χ1n) is 6.92. The van der Waals surface area contributed by atoms with E-state index in [2.05, 4.69) is 15.9 Å². The predicted octanol–water partition coefficient (Wildman–Crippen LogP) is 3.10. The van der Waals surface area contributed by atoms with E-state index in [0.29, 0.717) is 11.0 Å². The number of benzene rings is 1. The third kappa shape index (κ3) is 3.30. The lowest BCUT2D eigenvalue weighted by Crippen LogP contribution is -2.43. The molecule has 21 heavy (non-hydrogen) atoms. The van der Waals surface area contributed by atoms with E-state index in [4.69, 9.17) is 5.11 Å². The smallest absolute Gasteiger partial charge is 0.335 e. The molecule has 1 aromatic carbocycles. The van der Waals surface area contributed by atoms with Crippen LogP contribution >= 0.6 is 15.9 Å². The SMILES string of the molecule is CCC1CCCCN1S(=O)(=O)c1cc(C(=O)O)ccc1Br. The number of rotatable bonds is 4. The van der Waals surface area contributed by atoms with E-state index in [1.54, 1.807) is 0 Å². The molecule has 7 heteroatoms. The van der Waals surface area contributed by atoms with Crippen molar-refractivity contribution in [2.24, 2.45) is 0 Å². The molecule has 0 saturated carbocycles. The molecule has 0 aromatic heterocycles. The highest BCUT2D eigenvalue weighted by Crippen LogP contribution is 2.31. The van der Waals surface area contributed by atoms with Gasteiger partial charge in [0, 0.05) is 17.1 Å². The molecule has 0 amide bonds. The van der Waals surface area contributed by atoms with Crippen LogP contribution in [0.3, 0.4) is 0 Å². The molecule has 1 fully saturated rings. The molecule has 1 N–H and O–H groups in total. The van der Waals surface area contributed by atoms with Crippen LogP contribution in [0.4, 0.5) is 0 Å². The lowest BCUT2D eigenvalue weighted by Gasteiger charge is -2.34. The predicted molar refractivity (Wildman–Crippen MR) is 82.9 cm³/mol. The molecular weight excluding hydrogens is 358 g/mol. The first-order chi connectivity index (χ1) is 9.87. The zero-order valence-corrected chi connectivity index (χ0v) is 14.2. The Labute approximate surface area is 133 Å². The fraction of sp³-hybridized carbons (Fsp3) is 0.500. The van der Waals surface area contributed by atoms with Gasteiger partial charge in [-0.3, -0.25) is 0 Å². The minimum absolute atomic E-state index is 0.0101. The van der Waals surface area contributed by atoms with Gasteiger partial charge in [-0.1, -0.05) is 13.3 Å². The van der Waals surface area contributed by atoms with Crippen LogP contribution in [-0.2, 0) is 10.0 Å². The fourth-order valence-corrected chi connectivity index (χ4v) is 5.38. The summed E-state index contributed by atoms with van der Waals surface area (Å²) in [5, 5.41) is 9.05. The van der Waals surface area contributed by atoms with Crippen molar-refractivity contribution in [2.45, 2.75) is 43.5 Å². The number of piperidine rings is 1. The molecule has 5 nitrogen and oxygen atoms in total. The largest absolute Gasteiger partial charge is 0.478 e. The molecule has 0 bridgehead atoms. The second kappa shape index (κ2) is 6.46. The molecule has 0 radical (unpaired) electrons. The normalized spacial score (nSPS) is 20.4. The maximum absolute atomic E-state index is 12.9. The summed E-state index contributed by atoms with van der Waals surface area (Å²) in [6.07, 6.45) is 3.48. The van der Waals surface area contributed by atoms with Crippen LogP contribution in [0.2, 0.25) is 0 Å². The van der Waals surface area contributed by atoms with Gasteiger partial charge in [-0.05, 0) is 53.4 Å². The maximum atomic E-state index is 12.9. The van der Waals surface area contributed by atoms with E-state index >= 15 is 0 Å². The number of aromatic carboxylic acids is 1. The van der Waals surface area contributed by atoms with Gasteiger partial charge in [0.15, 0.2) is 0 Å². The van der Waals surface area contributed by atoms with Gasteiger partial charge >= 0.3 is 5.97 Å². The summed E-state index contributed by atoms with van der Waals surface area (Å²) in [7, 11) is -3.69. The van der Waals surface area contributed by atoms with Gasteiger partial charge in [-0.2, -0.15) is 4.31 Å². The number of hydrogen-bond donors (Lipinski definition) is 1. The van der Waals surface area contributed by atoms with Gasteiger partial charge in [0.2, 0.25) is 10.0 Å². The van der Waals surface area contributed by atoms with Crippen LogP contribution in [0.25, 0.3) is 0 Å². The Balaban J connectivity index is 2.47. The standard InChI is InChI=1S/C14H18BrNO4S/c1-2-11-5-3-4-8-16(11)21(19,20)13-9-10(14(17)18)6-7-12(13)15/h6-7,9,11H,2-5,8H2,1H3,(H,17,18). The number of sulfonamides is 1. The van der Waals surface area contributed by atoms with E-state index < -0.39 is 16.0 Å². The molecule has 1 saturated heterocycles. The topological polar surface area (TPSA) is 74.7 Å². The third-order valence-electron chi connectivity index (χ3n) is 3.81. The van der Waals surface area contributed by atoms with Gasteiger partial charge < -0.3 is 5.11 Å². The second-order valence-corrected chi connectivity index (χ2v) is 7.84. The molecule has 1 aliphatic heterocycles. The summed E-state index contributed by atoms with van der Waals surface area (Å²) in [5.74, 6) is -1.13. The van der Waals surface area contributed by atoms with Gasteiger partial charge in [0.25, 0.3) is 0 Å². The lowest BCUT2D eigenvalue weighted by atomic mass is 10.0. The first-order valence-corrected chi connectivity index (χ1v) is 9.16. The summed E-state index contributed by atoms with van der Waals surface area (Å²) in [5.41, 5.74) is -0.0261. The van der Waals surface area contributed by atoms with E-state index in [9.17, 15) is 13.2 Å². The van der Waals surface area contributed by atoms with E-state index in [1.807, 2.05) is 6.92 Å². The van der Waals surface area contributed by atoms with Crippen molar-refractivity contribution >= 4 is 31.9 Å². The van der Waals surface area contributed by atoms with E-state index in [1.165, 1.54) is 22.5 Å². The minimum Gasteiger partial charge on any atom is -0.478 e. The van der Waals surface area contributed by atoms with Gasteiger partial charge in [0.1, 0.15) is 0 Å². The fourth-order valence-electron chi connectivity index (χ4n) is 2.66. The molecule has 1 aliphatic rings. The molecule has 0 aliphatic carbocycles. The summed E-state index contributed by atoms with van der Waals surface area (Å²) in [6, 6.07) is 4.08. The van der Waals surface area contributed by atoms with Crippen molar-refractivity contribution < 1.29 is 18.3 Å². The summed E-state index contributed by atoms with van der Waals surface area (Å²) < 4.78 is 27.6. The van der Waals surface area contributed by atoms with Crippen LogP contribution < -0.4 is 0 Å². The minimum atomic E-state index is -3.69. The van der Waals surface area contributed by atoms with Gasteiger partial charge in [-0.15, -0.1) is 0 Å². The van der Waals surface area contributed by atoms with E-state index in [-0.39, 0.29) is 16.5 Å². The summed E-state index contributed by atoms with van der Waals surface area (Å²) in [4.78, 5) is 11.1. The molecule has 116 valence electrons. The van der Waals surface area contributed by atoms with Crippen LogP contribution in [-0.4, -0.2) is 36.4 Å². The zero-order valence-electron chi connectivity index (χ0n) is 11.8. The van der Waals surface area contributed by atoms with Crippen molar-refractivity contribution in [3.8, 4) is 0 Å². The summed E-state index contributed by atoms with van der Waals surface area (Å²) >= 11 is 3.23. The Hall–Kier alpha value is -0.920. The number of hydrogen-bond acceptors (Lipinski definition) is 3. The van der Waals surface area contributed by atoms with Crippen LogP contribution in [0.5, 0.6) is 0 Å². The number of carboxylic acid groups (broad SMARTS) is 1. The molecule has 1 unspecified atom stereocenters. The average Bonchev–Trinajstić information content (AvgIpc) is 2.47. The molecule has 1 atom stereocenters. The number of nitrogens with zero attached hydrogens (tertiary/aromatic N) is 1. The Morgan fingerprint density at radius 3 is 2.76 bits per heavy atom. The highest BCUT2D eigenvalue weighted by Gasteiger charge is 2.34. The Bertz CT molecular complexity index is 644. The highest BCUT2D eigenvalue weighted by atomic mass is 79.9.